The lowest BCUT2D eigenvalue weighted by atomic mass is 9.92. The second kappa shape index (κ2) is 9.19. The molecule has 0 aromatic heterocycles. The minimum Gasteiger partial charge on any atom is -0.489 e. The van der Waals surface area contributed by atoms with Crippen molar-refractivity contribution in [2.75, 3.05) is 6.54 Å². The van der Waals surface area contributed by atoms with Crippen molar-refractivity contribution in [3.63, 3.8) is 0 Å². The van der Waals surface area contributed by atoms with E-state index in [-0.39, 0.29) is 36.3 Å². The Bertz CT molecular complexity index is 907. The smallest absolute Gasteiger partial charge is 0.388 e. The van der Waals surface area contributed by atoms with Crippen LogP contribution < -0.4 is 15.0 Å². The van der Waals surface area contributed by atoms with Crippen LogP contribution in [-0.2, 0) is 11.3 Å². The number of aliphatic hydroxyl groups excluding tert-OH is 1. The highest BCUT2D eigenvalue weighted by molar-refractivity contribution is 6.01. The minimum absolute atomic E-state index is 0.0442. The molecule has 1 unspecified atom stereocenters. The van der Waals surface area contributed by atoms with Crippen LogP contribution in [0.5, 0.6) is 5.75 Å². The van der Waals surface area contributed by atoms with E-state index in [1.165, 1.54) is 0 Å². The number of nitrogens with zero attached hydrogens (tertiary/aromatic N) is 1. The Morgan fingerprint density at radius 2 is 2.00 bits per heavy atom. The standard InChI is InChI=1S/C24H33N3O5/c1-24(2,31)11-12-25-18-5-3-4-6-20(18)32-16-7-8-17-15(13-16)14-27(23(17)30)19-9-10-21(28)26-22(19)29/h7-8,13,18-20,25,31H,3-6,9-12,14H2,1-2H3,(H,26,28,29)/p+1/t18-,19?,20+/m1/s1. The highest BCUT2D eigenvalue weighted by Gasteiger charge is 2.41. The van der Waals surface area contributed by atoms with Crippen molar-refractivity contribution in [1.29, 1.82) is 0 Å². The Hall–Kier alpha value is -2.45. The lowest BCUT2D eigenvalue weighted by Crippen LogP contribution is -2.82. The van der Waals surface area contributed by atoms with Crippen molar-refractivity contribution in [1.82, 2.24) is 10.2 Å². The average Bonchev–Trinajstić information content (AvgIpc) is 3.04. The first-order valence-corrected chi connectivity index (χ1v) is 11.6. The summed E-state index contributed by atoms with van der Waals surface area (Å²) in [5.74, 6) is 0.227. The molecule has 0 bridgehead atoms. The number of nitrogens with one attached hydrogen (secondary N) is 2. The number of fused-ring (bicyclic) bond motifs is 1. The highest BCUT2D eigenvalue weighted by atomic mass is 16.5. The topological polar surface area (TPSA) is 113 Å². The van der Waals surface area contributed by atoms with Gasteiger partial charge in [0.05, 0.1) is 12.0 Å². The van der Waals surface area contributed by atoms with Crippen LogP contribution in [0.3, 0.4) is 0 Å². The SMILES string of the molecule is CC(C)(O)CCN[C@@H]1CCCC[C@@H]1Oc1ccc2c(c1)CN(C1CCC(=O)[NH+]=C1O)C2=O. The molecule has 1 saturated carbocycles. The molecule has 1 fully saturated rings. The summed E-state index contributed by atoms with van der Waals surface area (Å²) in [6.07, 6.45) is 5.71. The number of ether oxygens (including phenoxy) is 1. The third-order valence-corrected chi connectivity index (χ3v) is 6.65. The van der Waals surface area contributed by atoms with Crippen LogP contribution in [0.1, 0.15) is 74.7 Å². The summed E-state index contributed by atoms with van der Waals surface area (Å²) in [5.41, 5.74) is 0.800. The number of aliphatic hydroxyl groups is 2. The molecule has 3 aliphatic rings. The quantitative estimate of drug-likeness (QED) is 0.495. The van der Waals surface area contributed by atoms with E-state index in [1.54, 1.807) is 11.0 Å². The van der Waals surface area contributed by atoms with E-state index < -0.39 is 11.6 Å². The van der Waals surface area contributed by atoms with Crippen LogP contribution in [0, 0.1) is 0 Å². The van der Waals surface area contributed by atoms with Crippen LogP contribution >= 0.6 is 0 Å². The van der Waals surface area contributed by atoms with Crippen LogP contribution in [-0.4, -0.2) is 63.2 Å². The van der Waals surface area contributed by atoms with E-state index in [9.17, 15) is 19.8 Å². The Labute approximate surface area is 188 Å². The fourth-order valence-corrected chi connectivity index (χ4v) is 4.85. The van der Waals surface area contributed by atoms with Gasteiger partial charge in [-0.25, -0.2) is 4.79 Å². The van der Waals surface area contributed by atoms with Crippen LogP contribution in [0.2, 0.25) is 0 Å². The molecule has 0 spiro atoms. The lowest BCUT2D eigenvalue weighted by molar-refractivity contribution is -0.394. The van der Waals surface area contributed by atoms with Crippen molar-refractivity contribution >= 4 is 17.7 Å². The molecule has 0 saturated heterocycles. The van der Waals surface area contributed by atoms with E-state index in [2.05, 4.69) is 10.3 Å². The summed E-state index contributed by atoms with van der Waals surface area (Å²) in [7, 11) is 0. The Morgan fingerprint density at radius 1 is 1.22 bits per heavy atom. The molecule has 1 aliphatic carbocycles. The number of rotatable bonds is 7. The van der Waals surface area contributed by atoms with Crippen molar-refractivity contribution in [3.8, 4) is 5.75 Å². The van der Waals surface area contributed by atoms with Crippen LogP contribution in [0.4, 0.5) is 0 Å². The van der Waals surface area contributed by atoms with Gasteiger partial charge in [-0.05, 0) is 76.3 Å². The molecule has 4 rings (SSSR count). The number of benzene rings is 1. The molecule has 1 aromatic rings. The first kappa shape index (κ1) is 22.7. The summed E-state index contributed by atoms with van der Waals surface area (Å²) in [6.45, 7) is 4.75. The summed E-state index contributed by atoms with van der Waals surface area (Å²) in [5, 5.41) is 23.7. The molecule has 174 valence electrons. The normalized spacial score (nSPS) is 26.2. The Kier molecular flexibility index (Phi) is 6.53. The van der Waals surface area contributed by atoms with Crippen LogP contribution in [0.25, 0.3) is 0 Å². The van der Waals surface area contributed by atoms with Crippen molar-refractivity contribution in [2.45, 2.75) is 89.1 Å². The molecule has 2 amide bonds. The molecule has 8 nitrogen and oxygen atoms in total. The van der Waals surface area contributed by atoms with Gasteiger partial charge < -0.3 is 25.2 Å². The number of carbonyl (C=O) groups is 2. The van der Waals surface area contributed by atoms with Gasteiger partial charge in [0.1, 0.15) is 11.9 Å². The van der Waals surface area contributed by atoms with Crippen molar-refractivity contribution < 1.29 is 29.5 Å². The number of hydrogen-bond acceptors (Lipinski definition) is 5. The van der Waals surface area contributed by atoms with E-state index in [4.69, 9.17) is 4.74 Å². The Morgan fingerprint density at radius 3 is 2.75 bits per heavy atom. The highest BCUT2D eigenvalue weighted by Crippen LogP contribution is 2.31. The van der Waals surface area contributed by atoms with E-state index >= 15 is 0 Å². The molecule has 0 radical (unpaired) electrons. The maximum absolute atomic E-state index is 12.9. The van der Waals surface area contributed by atoms with Gasteiger partial charge in [-0.1, -0.05) is 6.42 Å². The van der Waals surface area contributed by atoms with Gasteiger partial charge in [0.2, 0.25) is 0 Å². The molecular formula is C24H34N3O5+. The van der Waals surface area contributed by atoms with E-state index in [1.807, 2.05) is 26.0 Å². The van der Waals surface area contributed by atoms with Crippen molar-refractivity contribution in [3.05, 3.63) is 29.3 Å². The number of amides is 2. The second-order valence-corrected chi connectivity index (χ2v) is 9.80. The van der Waals surface area contributed by atoms with Crippen molar-refractivity contribution in [2.24, 2.45) is 0 Å². The summed E-state index contributed by atoms with van der Waals surface area (Å²) < 4.78 is 6.36. The molecule has 2 heterocycles. The van der Waals surface area contributed by atoms with E-state index in [0.717, 1.165) is 43.5 Å². The first-order chi connectivity index (χ1) is 15.2. The predicted molar refractivity (Wildman–Crippen MR) is 119 cm³/mol. The molecule has 1 aromatic carbocycles. The predicted octanol–water partition coefficient (Wildman–Crippen LogP) is 0.809. The van der Waals surface area contributed by atoms with E-state index in [0.29, 0.717) is 24.9 Å². The lowest BCUT2D eigenvalue weighted by Gasteiger charge is -2.33. The van der Waals surface area contributed by atoms with Gasteiger partial charge in [-0.3, -0.25) is 4.79 Å². The number of carbonyl (C=O) groups excluding carboxylic acids is 2. The molecular weight excluding hydrogens is 410 g/mol. The monoisotopic (exact) mass is 444 g/mol. The molecule has 32 heavy (non-hydrogen) atoms. The van der Waals surface area contributed by atoms with Gasteiger partial charge in [0, 0.05) is 18.2 Å². The van der Waals surface area contributed by atoms with Gasteiger partial charge in [-0.2, -0.15) is 0 Å². The zero-order chi connectivity index (χ0) is 22.9. The molecule has 4 N–H and O–H groups in total. The second-order valence-electron chi connectivity index (χ2n) is 9.80. The largest absolute Gasteiger partial charge is 0.489 e. The van der Waals surface area contributed by atoms with Gasteiger partial charge in [0.25, 0.3) is 5.91 Å². The van der Waals surface area contributed by atoms with Crippen LogP contribution in [0.15, 0.2) is 18.2 Å². The maximum Gasteiger partial charge on any atom is 0.388 e. The molecule has 2 aliphatic heterocycles. The van der Waals surface area contributed by atoms with Gasteiger partial charge >= 0.3 is 11.8 Å². The van der Waals surface area contributed by atoms with Gasteiger partial charge in [-0.15, -0.1) is 4.99 Å². The summed E-state index contributed by atoms with van der Waals surface area (Å²) >= 11 is 0. The van der Waals surface area contributed by atoms with Gasteiger partial charge in [0.15, 0.2) is 6.04 Å². The Balaban J connectivity index is 1.42. The third kappa shape index (κ3) is 5.13. The first-order valence-electron chi connectivity index (χ1n) is 11.6. The summed E-state index contributed by atoms with van der Waals surface area (Å²) in [4.78, 5) is 28.4. The maximum atomic E-state index is 12.9. The fourth-order valence-electron chi connectivity index (χ4n) is 4.85. The fraction of sp³-hybridized carbons (Fsp3) is 0.625. The zero-order valence-corrected chi connectivity index (χ0v) is 18.9. The average molecular weight is 445 g/mol. The summed E-state index contributed by atoms with van der Waals surface area (Å²) in [6, 6.07) is 5.29. The number of hydrogen-bond donors (Lipinski definition) is 4. The third-order valence-electron chi connectivity index (χ3n) is 6.65. The minimum atomic E-state index is -0.691. The zero-order valence-electron chi connectivity index (χ0n) is 18.9. The molecule has 3 atom stereocenters. The molecule has 8 heteroatoms.